The minimum Gasteiger partial charge on any atom is -0.339 e. The number of thioether (sulfide) groups is 1. The first kappa shape index (κ1) is 12.9. The van der Waals surface area contributed by atoms with E-state index in [4.69, 9.17) is 10.3 Å². The molecule has 0 bridgehead atoms. The minimum atomic E-state index is 0.193. The quantitative estimate of drug-likeness (QED) is 0.875. The maximum Gasteiger partial charge on any atom is 0.228 e. The molecule has 0 radical (unpaired) electrons. The van der Waals surface area contributed by atoms with Crippen LogP contribution >= 0.6 is 11.8 Å². The van der Waals surface area contributed by atoms with Crippen molar-refractivity contribution in [1.29, 1.82) is 0 Å². The van der Waals surface area contributed by atoms with E-state index in [1.807, 2.05) is 11.8 Å². The summed E-state index contributed by atoms with van der Waals surface area (Å²) in [5, 5.41) is 3.99. The molecule has 0 aliphatic heterocycles. The van der Waals surface area contributed by atoms with Crippen LogP contribution in [-0.2, 0) is 12.2 Å². The van der Waals surface area contributed by atoms with Crippen LogP contribution in [0.25, 0.3) is 0 Å². The average molecular weight is 255 g/mol. The van der Waals surface area contributed by atoms with Gasteiger partial charge in [0.1, 0.15) is 0 Å². The lowest BCUT2D eigenvalue weighted by atomic mass is 10.1. The number of aromatic nitrogens is 2. The third kappa shape index (κ3) is 4.32. The van der Waals surface area contributed by atoms with Crippen molar-refractivity contribution < 1.29 is 4.52 Å². The summed E-state index contributed by atoms with van der Waals surface area (Å²) >= 11 is 1.82. The summed E-state index contributed by atoms with van der Waals surface area (Å²) in [6.07, 6.45) is 3.22. The van der Waals surface area contributed by atoms with Gasteiger partial charge in [-0.15, -0.1) is 11.8 Å². The van der Waals surface area contributed by atoms with Crippen LogP contribution in [0.4, 0.5) is 0 Å². The van der Waals surface area contributed by atoms with Gasteiger partial charge in [-0.2, -0.15) is 4.98 Å². The van der Waals surface area contributed by atoms with E-state index in [9.17, 15) is 0 Å². The highest BCUT2D eigenvalue weighted by atomic mass is 32.2. The SMILES string of the molecule is CC(C)(C)SCc1noc(CC(N)C2CC2)n1. The first-order valence-electron chi connectivity index (χ1n) is 6.15. The van der Waals surface area contributed by atoms with E-state index in [0.29, 0.717) is 11.8 Å². The van der Waals surface area contributed by atoms with Gasteiger partial charge in [0.25, 0.3) is 0 Å². The van der Waals surface area contributed by atoms with Gasteiger partial charge >= 0.3 is 0 Å². The van der Waals surface area contributed by atoms with E-state index in [-0.39, 0.29) is 10.8 Å². The molecule has 17 heavy (non-hydrogen) atoms. The molecule has 4 nitrogen and oxygen atoms in total. The van der Waals surface area contributed by atoms with E-state index >= 15 is 0 Å². The van der Waals surface area contributed by atoms with Gasteiger partial charge in [0.05, 0.1) is 5.75 Å². The third-order valence-corrected chi connectivity index (χ3v) is 4.05. The second-order valence-electron chi connectivity index (χ2n) is 5.71. The summed E-state index contributed by atoms with van der Waals surface area (Å²) < 4.78 is 5.45. The van der Waals surface area contributed by atoms with Crippen LogP contribution in [0.5, 0.6) is 0 Å². The second kappa shape index (κ2) is 4.98. The van der Waals surface area contributed by atoms with Gasteiger partial charge in [0.15, 0.2) is 5.82 Å². The molecule has 0 amide bonds. The molecule has 1 aliphatic rings. The van der Waals surface area contributed by atoms with Gasteiger partial charge in [-0.05, 0) is 18.8 Å². The Morgan fingerprint density at radius 3 is 2.76 bits per heavy atom. The molecule has 1 saturated carbocycles. The van der Waals surface area contributed by atoms with Crippen molar-refractivity contribution in [2.24, 2.45) is 11.7 Å². The Balaban J connectivity index is 1.82. The Labute approximate surface area is 107 Å². The van der Waals surface area contributed by atoms with Crippen molar-refractivity contribution in [2.45, 2.75) is 56.6 Å². The van der Waals surface area contributed by atoms with E-state index in [1.165, 1.54) is 12.8 Å². The molecular weight excluding hydrogens is 234 g/mol. The molecule has 2 rings (SSSR count). The van der Waals surface area contributed by atoms with E-state index in [2.05, 4.69) is 30.9 Å². The maximum absolute atomic E-state index is 6.03. The molecule has 5 heteroatoms. The first-order chi connectivity index (χ1) is 7.94. The van der Waals surface area contributed by atoms with Crippen LogP contribution in [0.15, 0.2) is 4.52 Å². The van der Waals surface area contributed by atoms with Crippen molar-refractivity contribution in [1.82, 2.24) is 10.1 Å². The molecule has 0 spiro atoms. The molecule has 1 aromatic heterocycles. The largest absolute Gasteiger partial charge is 0.339 e. The maximum atomic E-state index is 6.03. The van der Waals surface area contributed by atoms with Gasteiger partial charge in [-0.25, -0.2) is 0 Å². The first-order valence-corrected chi connectivity index (χ1v) is 7.13. The molecule has 1 fully saturated rings. The Morgan fingerprint density at radius 1 is 1.47 bits per heavy atom. The van der Waals surface area contributed by atoms with E-state index in [1.54, 1.807) is 0 Å². The molecule has 96 valence electrons. The molecule has 1 aliphatic carbocycles. The van der Waals surface area contributed by atoms with Gasteiger partial charge in [0.2, 0.25) is 5.89 Å². The van der Waals surface area contributed by atoms with Gasteiger partial charge < -0.3 is 10.3 Å². The fourth-order valence-electron chi connectivity index (χ4n) is 1.61. The molecule has 1 atom stereocenters. The van der Waals surface area contributed by atoms with E-state index in [0.717, 1.165) is 18.0 Å². The van der Waals surface area contributed by atoms with Crippen molar-refractivity contribution in [3.8, 4) is 0 Å². The van der Waals surface area contributed by atoms with Crippen LogP contribution in [0.3, 0.4) is 0 Å². The zero-order valence-electron chi connectivity index (χ0n) is 10.8. The fraction of sp³-hybridized carbons (Fsp3) is 0.833. The predicted molar refractivity (Wildman–Crippen MR) is 69.7 cm³/mol. The Hall–Kier alpha value is -0.550. The van der Waals surface area contributed by atoms with Crippen molar-refractivity contribution in [3.63, 3.8) is 0 Å². The van der Waals surface area contributed by atoms with Crippen LogP contribution in [-0.4, -0.2) is 20.9 Å². The summed E-state index contributed by atoms with van der Waals surface area (Å²) in [6, 6.07) is 0.193. The molecule has 1 heterocycles. The summed E-state index contributed by atoms with van der Waals surface area (Å²) in [5.41, 5.74) is 6.03. The lowest BCUT2D eigenvalue weighted by Gasteiger charge is -2.15. The van der Waals surface area contributed by atoms with Gasteiger partial charge in [-0.3, -0.25) is 0 Å². The van der Waals surface area contributed by atoms with Crippen LogP contribution in [0.1, 0.15) is 45.3 Å². The normalized spacial score (nSPS) is 18.4. The topological polar surface area (TPSA) is 64.9 Å². The number of nitrogens with zero attached hydrogens (tertiary/aromatic N) is 2. The lowest BCUT2D eigenvalue weighted by molar-refractivity contribution is 0.360. The third-order valence-electron chi connectivity index (χ3n) is 2.78. The van der Waals surface area contributed by atoms with Crippen LogP contribution < -0.4 is 5.73 Å². The van der Waals surface area contributed by atoms with Crippen LogP contribution in [0.2, 0.25) is 0 Å². The highest BCUT2D eigenvalue weighted by Gasteiger charge is 2.29. The van der Waals surface area contributed by atoms with Crippen LogP contribution in [0, 0.1) is 5.92 Å². The standard InChI is InChI=1S/C12H21N3OS/c1-12(2,3)17-7-10-14-11(16-15-10)6-9(13)8-4-5-8/h8-9H,4-7,13H2,1-3H3. The molecule has 0 aromatic carbocycles. The zero-order chi connectivity index (χ0) is 12.5. The summed E-state index contributed by atoms with van der Waals surface area (Å²) in [5.74, 6) is 2.94. The summed E-state index contributed by atoms with van der Waals surface area (Å²) in [6.45, 7) is 6.55. The monoisotopic (exact) mass is 255 g/mol. The van der Waals surface area contributed by atoms with E-state index < -0.39 is 0 Å². The fourth-order valence-corrected chi connectivity index (χ4v) is 2.28. The van der Waals surface area contributed by atoms with Crippen molar-refractivity contribution in [2.75, 3.05) is 0 Å². The second-order valence-corrected chi connectivity index (χ2v) is 7.51. The minimum absolute atomic E-state index is 0.193. The summed E-state index contributed by atoms with van der Waals surface area (Å²) in [7, 11) is 0. The van der Waals surface area contributed by atoms with Gasteiger partial charge in [-0.1, -0.05) is 25.9 Å². The Morgan fingerprint density at radius 2 is 2.18 bits per heavy atom. The average Bonchev–Trinajstić information content (AvgIpc) is 2.97. The highest BCUT2D eigenvalue weighted by molar-refractivity contribution is 7.99. The molecule has 1 aromatic rings. The smallest absolute Gasteiger partial charge is 0.228 e. The lowest BCUT2D eigenvalue weighted by Crippen LogP contribution is -2.25. The molecule has 1 unspecified atom stereocenters. The number of hydrogen-bond donors (Lipinski definition) is 1. The number of rotatable bonds is 5. The predicted octanol–water partition coefficient (Wildman–Crippen LogP) is 2.38. The van der Waals surface area contributed by atoms with Crippen molar-refractivity contribution >= 4 is 11.8 Å². The number of nitrogens with two attached hydrogens (primary N) is 1. The molecular formula is C12H21N3OS. The molecule has 0 saturated heterocycles. The van der Waals surface area contributed by atoms with Gasteiger partial charge in [0, 0.05) is 17.2 Å². The number of hydrogen-bond acceptors (Lipinski definition) is 5. The Bertz CT molecular complexity index is 368. The van der Waals surface area contributed by atoms with Crippen molar-refractivity contribution in [3.05, 3.63) is 11.7 Å². The summed E-state index contributed by atoms with van der Waals surface area (Å²) in [4.78, 5) is 4.38. The molecule has 2 N–H and O–H groups in total. The zero-order valence-corrected chi connectivity index (χ0v) is 11.6. The highest BCUT2D eigenvalue weighted by Crippen LogP contribution is 2.32. The Kier molecular flexibility index (Phi) is 3.78.